The highest BCUT2D eigenvalue weighted by molar-refractivity contribution is 5.77. The molecule has 3 fully saturated rings. The normalized spacial score (nSPS) is 28.9. The van der Waals surface area contributed by atoms with Gasteiger partial charge in [-0.1, -0.05) is 20.3 Å². The fraction of sp³-hybridized carbons (Fsp3) is 0.944. The van der Waals surface area contributed by atoms with E-state index >= 15 is 0 Å². The third kappa shape index (κ3) is 3.83. The van der Waals surface area contributed by atoms with Crippen molar-refractivity contribution in [3.8, 4) is 0 Å². The van der Waals surface area contributed by atoms with Crippen LogP contribution in [0.3, 0.4) is 0 Å². The Morgan fingerprint density at radius 1 is 1.23 bits per heavy atom. The van der Waals surface area contributed by atoms with Gasteiger partial charge in [0.05, 0.1) is 19.7 Å². The van der Waals surface area contributed by atoms with Crippen LogP contribution in [-0.4, -0.2) is 60.6 Å². The fourth-order valence-electron chi connectivity index (χ4n) is 4.12. The van der Waals surface area contributed by atoms with Crippen LogP contribution in [0, 0.1) is 11.8 Å². The lowest BCUT2D eigenvalue weighted by atomic mass is 9.82. The Labute approximate surface area is 135 Å². The van der Waals surface area contributed by atoms with Crippen LogP contribution in [-0.2, 0) is 9.53 Å². The fourth-order valence-corrected chi connectivity index (χ4v) is 4.12. The Kier molecular flexibility index (Phi) is 5.08. The molecule has 0 unspecified atom stereocenters. The van der Waals surface area contributed by atoms with Gasteiger partial charge >= 0.3 is 0 Å². The second-order valence-electron chi connectivity index (χ2n) is 8.11. The minimum atomic E-state index is 0.00500. The number of hydrogen-bond acceptors (Lipinski definition) is 3. The van der Waals surface area contributed by atoms with Crippen molar-refractivity contribution in [3.63, 3.8) is 0 Å². The highest BCUT2D eigenvalue weighted by Crippen LogP contribution is 2.36. The van der Waals surface area contributed by atoms with E-state index in [1.807, 2.05) is 4.90 Å². The molecule has 126 valence electrons. The van der Waals surface area contributed by atoms with E-state index in [0.717, 1.165) is 26.1 Å². The first-order valence-electron chi connectivity index (χ1n) is 9.20. The average Bonchev–Trinajstić information content (AvgIpc) is 2.46. The van der Waals surface area contributed by atoms with Crippen LogP contribution in [0.15, 0.2) is 0 Å². The smallest absolute Gasteiger partial charge is 0.223 e. The molecule has 3 aliphatic rings. The van der Waals surface area contributed by atoms with Gasteiger partial charge in [-0.25, -0.2) is 0 Å². The molecular weight excluding hydrogens is 276 g/mol. The van der Waals surface area contributed by atoms with Gasteiger partial charge in [0, 0.05) is 13.0 Å². The molecule has 4 heteroatoms. The van der Waals surface area contributed by atoms with Gasteiger partial charge < -0.3 is 14.5 Å². The van der Waals surface area contributed by atoms with Gasteiger partial charge in [0.1, 0.15) is 5.60 Å². The summed E-state index contributed by atoms with van der Waals surface area (Å²) in [7, 11) is 0. The molecule has 0 bridgehead atoms. The van der Waals surface area contributed by atoms with Crippen LogP contribution in [0.25, 0.3) is 0 Å². The van der Waals surface area contributed by atoms with Crippen LogP contribution >= 0.6 is 0 Å². The lowest BCUT2D eigenvalue weighted by molar-refractivity contribution is -0.190. The summed E-state index contributed by atoms with van der Waals surface area (Å²) in [5.74, 6) is 1.45. The van der Waals surface area contributed by atoms with E-state index in [1.54, 1.807) is 0 Å². The van der Waals surface area contributed by atoms with Crippen molar-refractivity contribution < 1.29 is 9.53 Å². The Morgan fingerprint density at radius 2 is 1.95 bits per heavy atom. The number of nitrogens with zero attached hydrogens (tertiary/aromatic N) is 2. The monoisotopic (exact) mass is 308 g/mol. The highest BCUT2D eigenvalue weighted by Gasteiger charge is 2.48. The van der Waals surface area contributed by atoms with Crippen molar-refractivity contribution in [3.05, 3.63) is 0 Å². The minimum Gasteiger partial charge on any atom is -0.371 e. The van der Waals surface area contributed by atoms with Crippen molar-refractivity contribution >= 4 is 5.91 Å². The zero-order valence-electron chi connectivity index (χ0n) is 14.4. The first-order chi connectivity index (χ1) is 10.6. The van der Waals surface area contributed by atoms with Crippen molar-refractivity contribution in [2.24, 2.45) is 11.8 Å². The van der Waals surface area contributed by atoms with E-state index in [2.05, 4.69) is 18.7 Å². The number of rotatable bonds is 4. The number of hydrogen-bond donors (Lipinski definition) is 0. The molecule has 3 heterocycles. The molecule has 1 amide bonds. The van der Waals surface area contributed by atoms with Crippen molar-refractivity contribution in [2.45, 2.75) is 58.0 Å². The molecule has 4 nitrogen and oxygen atoms in total. The molecule has 0 aromatic carbocycles. The summed E-state index contributed by atoms with van der Waals surface area (Å²) < 4.78 is 6.22. The molecule has 0 saturated carbocycles. The van der Waals surface area contributed by atoms with E-state index < -0.39 is 0 Å². The third-order valence-corrected chi connectivity index (χ3v) is 5.49. The number of carbonyl (C=O) groups excluding carboxylic acids is 1. The summed E-state index contributed by atoms with van der Waals surface area (Å²) in [6.45, 7) is 10.5. The maximum absolute atomic E-state index is 12.1. The van der Waals surface area contributed by atoms with Crippen LogP contribution in [0.1, 0.15) is 52.4 Å². The molecule has 0 N–H and O–H groups in total. The van der Waals surface area contributed by atoms with Gasteiger partial charge in [-0.3, -0.25) is 4.79 Å². The summed E-state index contributed by atoms with van der Waals surface area (Å²) in [6, 6.07) is 0. The van der Waals surface area contributed by atoms with Gasteiger partial charge in [0.25, 0.3) is 0 Å². The van der Waals surface area contributed by atoms with Crippen molar-refractivity contribution in [2.75, 3.05) is 39.3 Å². The molecule has 3 rings (SSSR count). The Balaban J connectivity index is 1.38. The standard InChI is InChI=1S/C18H32N2O2/c1-15(2)10-17(21)20-13-18(14-20)7-6-16(12-22-18)11-19-8-4-3-5-9-19/h15-16H,3-14H2,1-2H3/t16-/m0/s1. The molecule has 0 aromatic rings. The number of amides is 1. The molecule has 22 heavy (non-hydrogen) atoms. The summed E-state index contributed by atoms with van der Waals surface area (Å²) in [5, 5.41) is 0. The van der Waals surface area contributed by atoms with Crippen LogP contribution < -0.4 is 0 Å². The minimum absolute atomic E-state index is 0.00500. The summed E-state index contributed by atoms with van der Waals surface area (Å²) in [4.78, 5) is 16.7. The number of piperidine rings is 1. The van der Waals surface area contributed by atoms with E-state index in [9.17, 15) is 4.79 Å². The molecular formula is C18H32N2O2. The van der Waals surface area contributed by atoms with Gasteiger partial charge in [-0.15, -0.1) is 0 Å². The number of likely N-dealkylation sites (tertiary alicyclic amines) is 2. The maximum Gasteiger partial charge on any atom is 0.223 e. The van der Waals surface area contributed by atoms with Crippen LogP contribution in [0.4, 0.5) is 0 Å². The van der Waals surface area contributed by atoms with Crippen molar-refractivity contribution in [1.82, 2.24) is 9.80 Å². The summed E-state index contributed by atoms with van der Waals surface area (Å²) in [6.07, 6.45) is 7.21. The van der Waals surface area contributed by atoms with Crippen molar-refractivity contribution in [1.29, 1.82) is 0 Å². The second kappa shape index (κ2) is 6.88. The van der Waals surface area contributed by atoms with Crippen LogP contribution in [0.5, 0.6) is 0 Å². The zero-order valence-corrected chi connectivity index (χ0v) is 14.4. The predicted octanol–water partition coefficient (Wildman–Crippen LogP) is 2.53. The molecule has 0 aromatic heterocycles. The SMILES string of the molecule is CC(C)CC(=O)N1CC2(CC[C@@H](CN3CCCCC3)CO2)C1. The summed E-state index contributed by atoms with van der Waals surface area (Å²) in [5.41, 5.74) is 0.00500. The molecule has 0 radical (unpaired) electrons. The quantitative estimate of drug-likeness (QED) is 0.800. The Morgan fingerprint density at radius 3 is 2.55 bits per heavy atom. The Bertz CT molecular complexity index is 375. The van der Waals surface area contributed by atoms with Gasteiger partial charge in [-0.2, -0.15) is 0 Å². The van der Waals surface area contributed by atoms with Gasteiger partial charge in [0.15, 0.2) is 0 Å². The largest absolute Gasteiger partial charge is 0.371 e. The van der Waals surface area contributed by atoms with E-state index in [1.165, 1.54) is 45.3 Å². The van der Waals surface area contributed by atoms with Gasteiger partial charge in [0.2, 0.25) is 5.91 Å². The topological polar surface area (TPSA) is 32.8 Å². The van der Waals surface area contributed by atoms with Crippen LogP contribution in [0.2, 0.25) is 0 Å². The first-order valence-corrected chi connectivity index (χ1v) is 9.20. The maximum atomic E-state index is 12.1. The average molecular weight is 308 g/mol. The van der Waals surface area contributed by atoms with E-state index in [4.69, 9.17) is 4.74 Å². The number of ether oxygens (including phenoxy) is 1. The van der Waals surface area contributed by atoms with Gasteiger partial charge in [-0.05, 0) is 50.6 Å². The van der Waals surface area contributed by atoms with E-state index in [-0.39, 0.29) is 5.60 Å². The Hall–Kier alpha value is -0.610. The molecule has 3 aliphatic heterocycles. The second-order valence-corrected chi connectivity index (χ2v) is 8.11. The molecule has 1 spiro atoms. The molecule has 3 saturated heterocycles. The number of carbonyl (C=O) groups is 1. The molecule has 1 atom stereocenters. The lowest BCUT2D eigenvalue weighted by Crippen LogP contribution is -2.66. The predicted molar refractivity (Wildman–Crippen MR) is 87.7 cm³/mol. The highest BCUT2D eigenvalue weighted by atomic mass is 16.5. The van der Waals surface area contributed by atoms with E-state index in [0.29, 0.717) is 24.2 Å². The zero-order chi connectivity index (χ0) is 15.6. The molecule has 0 aliphatic carbocycles. The third-order valence-electron chi connectivity index (χ3n) is 5.49. The first kappa shape index (κ1) is 16.3. The summed E-state index contributed by atoms with van der Waals surface area (Å²) >= 11 is 0. The lowest BCUT2D eigenvalue weighted by Gasteiger charge is -2.53.